The summed E-state index contributed by atoms with van der Waals surface area (Å²) in [4.78, 5) is 4.05. The predicted molar refractivity (Wildman–Crippen MR) is 37.4 cm³/mol. The molecule has 1 rings (SSSR count). The second-order valence-corrected chi connectivity index (χ2v) is 2.34. The van der Waals surface area contributed by atoms with Crippen LogP contribution in [0, 0.1) is 0 Å². The topological polar surface area (TPSA) is 22.1 Å². The van der Waals surface area contributed by atoms with E-state index < -0.39 is 0 Å². The molecule has 1 aromatic heterocycles. The van der Waals surface area contributed by atoms with Crippen molar-refractivity contribution in [1.82, 2.24) is 4.98 Å². The molecule has 0 fully saturated rings. The van der Waals surface area contributed by atoms with Gasteiger partial charge in [0.05, 0.1) is 17.8 Å². The fraction of sp³-hybridized carbons (Fsp3) is 0.500. The molecule has 0 aliphatic heterocycles. The standard InChI is InChI=1S/C6H9NOS/c1-2-8-3-6-4-9-5-7-6/h4-5H,2-3H2,1H3. The molecule has 0 amide bonds. The van der Waals surface area contributed by atoms with Crippen LogP contribution in [0.25, 0.3) is 0 Å². The number of nitrogens with zero attached hydrogens (tertiary/aromatic N) is 1. The fourth-order valence-corrected chi connectivity index (χ4v) is 1.06. The molecule has 0 aromatic carbocycles. The first-order chi connectivity index (χ1) is 4.43. The number of thiazole rings is 1. The van der Waals surface area contributed by atoms with Crippen molar-refractivity contribution in [2.75, 3.05) is 6.61 Å². The maximum atomic E-state index is 5.12. The zero-order valence-electron chi connectivity index (χ0n) is 5.33. The maximum Gasteiger partial charge on any atom is 0.0896 e. The van der Waals surface area contributed by atoms with Crippen LogP contribution < -0.4 is 0 Å². The Kier molecular flexibility index (Phi) is 2.67. The molecule has 0 unspecified atom stereocenters. The molecule has 0 atom stereocenters. The van der Waals surface area contributed by atoms with Crippen LogP contribution in [0.5, 0.6) is 0 Å². The Hall–Kier alpha value is -0.410. The van der Waals surface area contributed by atoms with Crippen LogP contribution in [-0.4, -0.2) is 11.6 Å². The fourth-order valence-electron chi connectivity index (χ4n) is 0.515. The molecule has 0 bridgehead atoms. The van der Waals surface area contributed by atoms with Crippen molar-refractivity contribution in [2.45, 2.75) is 13.5 Å². The minimum absolute atomic E-state index is 0.653. The quantitative estimate of drug-likeness (QED) is 0.642. The molecule has 0 saturated carbocycles. The van der Waals surface area contributed by atoms with Crippen LogP contribution in [0.1, 0.15) is 12.6 Å². The molecule has 9 heavy (non-hydrogen) atoms. The van der Waals surface area contributed by atoms with Gasteiger partial charge < -0.3 is 4.74 Å². The van der Waals surface area contributed by atoms with Gasteiger partial charge in [-0.25, -0.2) is 4.98 Å². The highest BCUT2D eigenvalue weighted by molar-refractivity contribution is 7.07. The molecule has 0 saturated heterocycles. The summed E-state index contributed by atoms with van der Waals surface area (Å²) in [6.45, 7) is 3.39. The molecular formula is C6H9NOS. The van der Waals surface area contributed by atoms with E-state index in [1.54, 1.807) is 11.3 Å². The van der Waals surface area contributed by atoms with Crippen LogP contribution >= 0.6 is 11.3 Å². The highest BCUT2D eigenvalue weighted by Gasteiger charge is 1.90. The maximum absolute atomic E-state index is 5.12. The summed E-state index contributed by atoms with van der Waals surface area (Å²) < 4.78 is 5.12. The van der Waals surface area contributed by atoms with E-state index in [4.69, 9.17) is 4.74 Å². The highest BCUT2D eigenvalue weighted by Crippen LogP contribution is 2.01. The van der Waals surface area contributed by atoms with Gasteiger partial charge in [0.2, 0.25) is 0 Å². The number of aromatic nitrogens is 1. The first-order valence-electron chi connectivity index (χ1n) is 2.88. The molecule has 2 nitrogen and oxygen atoms in total. The van der Waals surface area contributed by atoms with Crippen LogP contribution in [0.4, 0.5) is 0 Å². The van der Waals surface area contributed by atoms with Gasteiger partial charge in [-0.15, -0.1) is 11.3 Å². The Morgan fingerprint density at radius 3 is 3.22 bits per heavy atom. The van der Waals surface area contributed by atoms with Gasteiger partial charge >= 0.3 is 0 Å². The zero-order valence-corrected chi connectivity index (χ0v) is 6.15. The van der Waals surface area contributed by atoms with Gasteiger partial charge in [0, 0.05) is 12.0 Å². The van der Waals surface area contributed by atoms with E-state index in [1.807, 2.05) is 17.8 Å². The molecule has 0 aliphatic rings. The molecule has 0 spiro atoms. The van der Waals surface area contributed by atoms with Crippen molar-refractivity contribution in [3.8, 4) is 0 Å². The number of hydrogen-bond acceptors (Lipinski definition) is 3. The third-order valence-corrected chi connectivity index (χ3v) is 1.57. The Labute approximate surface area is 58.5 Å². The average Bonchev–Trinajstić information content (AvgIpc) is 2.34. The number of hydrogen-bond donors (Lipinski definition) is 0. The predicted octanol–water partition coefficient (Wildman–Crippen LogP) is 1.68. The molecule has 3 heteroatoms. The van der Waals surface area contributed by atoms with E-state index in [-0.39, 0.29) is 0 Å². The van der Waals surface area contributed by atoms with Gasteiger partial charge in [-0.05, 0) is 6.92 Å². The lowest BCUT2D eigenvalue weighted by molar-refractivity contribution is 0.131. The van der Waals surface area contributed by atoms with Crippen molar-refractivity contribution in [2.24, 2.45) is 0 Å². The van der Waals surface area contributed by atoms with Gasteiger partial charge in [0.25, 0.3) is 0 Å². The number of rotatable bonds is 3. The molecule has 1 heterocycles. The second kappa shape index (κ2) is 3.58. The summed E-state index contributed by atoms with van der Waals surface area (Å²) in [5, 5.41) is 2.00. The van der Waals surface area contributed by atoms with Crippen LogP contribution in [0.2, 0.25) is 0 Å². The average molecular weight is 143 g/mol. The van der Waals surface area contributed by atoms with Crippen LogP contribution in [0.3, 0.4) is 0 Å². The van der Waals surface area contributed by atoms with Gasteiger partial charge in [0.15, 0.2) is 0 Å². The summed E-state index contributed by atoms with van der Waals surface area (Å²) in [5.74, 6) is 0. The lowest BCUT2D eigenvalue weighted by Crippen LogP contribution is -1.90. The summed E-state index contributed by atoms with van der Waals surface area (Å²) >= 11 is 1.60. The zero-order chi connectivity index (χ0) is 6.53. The van der Waals surface area contributed by atoms with Crippen molar-refractivity contribution in [3.63, 3.8) is 0 Å². The monoisotopic (exact) mass is 143 g/mol. The molecule has 1 aromatic rings. The first kappa shape index (κ1) is 6.71. The van der Waals surface area contributed by atoms with Gasteiger partial charge in [0.1, 0.15) is 0 Å². The Morgan fingerprint density at radius 1 is 1.78 bits per heavy atom. The first-order valence-corrected chi connectivity index (χ1v) is 3.82. The van der Waals surface area contributed by atoms with E-state index in [0.29, 0.717) is 6.61 Å². The van der Waals surface area contributed by atoms with Gasteiger partial charge in [-0.1, -0.05) is 0 Å². The lowest BCUT2D eigenvalue weighted by atomic mass is 10.5. The SMILES string of the molecule is CCOCc1cscn1. The molecule has 0 N–H and O–H groups in total. The van der Waals surface area contributed by atoms with Crippen LogP contribution in [0.15, 0.2) is 10.9 Å². The lowest BCUT2D eigenvalue weighted by Gasteiger charge is -1.93. The van der Waals surface area contributed by atoms with E-state index in [9.17, 15) is 0 Å². The van der Waals surface area contributed by atoms with Gasteiger partial charge in [-0.3, -0.25) is 0 Å². The Balaban J connectivity index is 2.30. The highest BCUT2D eigenvalue weighted by atomic mass is 32.1. The van der Waals surface area contributed by atoms with E-state index in [1.165, 1.54) is 0 Å². The Morgan fingerprint density at radius 2 is 2.67 bits per heavy atom. The third-order valence-electron chi connectivity index (χ3n) is 0.938. The van der Waals surface area contributed by atoms with E-state index in [0.717, 1.165) is 12.3 Å². The summed E-state index contributed by atoms with van der Waals surface area (Å²) in [6, 6.07) is 0. The van der Waals surface area contributed by atoms with E-state index in [2.05, 4.69) is 4.98 Å². The summed E-state index contributed by atoms with van der Waals surface area (Å²) in [5.41, 5.74) is 2.84. The van der Waals surface area contributed by atoms with Crippen molar-refractivity contribution < 1.29 is 4.74 Å². The molecule has 0 radical (unpaired) electrons. The van der Waals surface area contributed by atoms with Crippen molar-refractivity contribution in [1.29, 1.82) is 0 Å². The largest absolute Gasteiger partial charge is 0.375 e. The second-order valence-electron chi connectivity index (χ2n) is 1.62. The van der Waals surface area contributed by atoms with E-state index >= 15 is 0 Å². The minimum atomic E-state index is 0.653. The summed E-state index contributed by atoms with van der Waals surface area (Å²) in [7, 11) is 0. The molecule has 50 valence electrons. The Bertz CT molecular complexity index is 150. The van der Waals surface area contributed by atoms with Crippen molar-refractivity contribution in [3.05, 3.63) is 16.6 Å². The normalized spacial score (nSPS) is 9.89. The summed E-state index contributed by atoms with van der Waals surface area (Å²) in [6.07, 6.45) is 0. The van der Waals surface area contributed by atoms with Crippen molar-refractivity contribution >= 4 is 11.3 Å². The molecular weight excluding hydrogens is 134 g/mol. The number of ether oxygens (including phenoxy) is 1. The van der Waals surface area contributed by atoms with Gasteiger partial charge in [-0.2, -0.15) is 0 Å². The third kappa shape index (κ3) is 2.11. The smallest absolute Gasteiger partial charge is 0.0896 e. The van der Waals surface area contributed by atoms with Crippen LogP contribution in [-0.2, 0) is 11.3 Å². The minimum Gasteiger partial charge on any atom is -0.375 e. The molecule has 0 aliphatic carbocycles.